The Morgan fingerprint density at radius 3 is 2.79 bits per heavy atom. The van der Waals surface area contributed by atoms with Crippen molar-refractivity contribution < 1.29 is 0 Å². The second kappa shape index (κ2) is 4.05. The average molecular weight is 191 g/mol. The lowest BCUT2D eigenvalue weighted by atomic mass is 9.75. The Kier molecular flexibility index (Phi) is 2.77. The molecule has 1 saturated carbocycles. The Morgan fingerprint density at radius 2 is 2.29 bits per heavy atom. The third-order valence-electron chi connectivity index (χ3n) is 3.25. The first-order chi connectivity index (χ1) is 6.85. The molecule has 3 heteroatoms. The minimum Gasteiger partial charge on any atom is -0.306 e. The number of nitrogens with one attached hydrogen (secondary N) is 1. The molecule has 1 fully saturated rings. The smallest absolute Gasteiger partial charge is 0.0724 e. The van der Waals surface area contributed by atoms with Gasteiger partial charge in [-0.15, -0.1) is 0 Å². The summed E-state index contributed by atoms with van der Waals surface area (Å²) < 4.78 is 0. The fraction of sp³-hybridized carbons (Fsp3) is 0.636. The summed E-state index contributed by atoms with van der Waals surface area (Å²) in [5.74, 6) is 0. The first-order valence-electron chi connectivity index (χ1n) is 5.35. The molecule has 1 aliphatic carbocycles. The molecule has 1 aromatic heterocycles. The van der Waals surface area contributed by atoms with Gasteiger partial charge in [0.15, 0.2) is 0 Å². The van der Waals surface area contributed by atoms with Crippen LogP contribution in [0.25, 0.3) is 0 Å². The molecule has 0 aromatic carbocycles. The number of hydrogen-bond acceptors (Lipinski definition) is 3. The highest BCUT2D eigenvalue weighted by atomic mass is 15.0. The van der Waals surface area contributed by atoms with E-state index >= 15 is 0 Å². The van der Waals surface area contributed by atoms with Crippen LogP contribution in [0.15, 0.2) is 18.6 Å². The third-order valence-corrected chi connectivity index (χ3v) is 3.25. The quantitative estimate of drug-likeness (QED) is 0.790. The van der Waals surface area contributed by atoms with Gasteiger partial charge in [-0.25, -0.2) is 0 Å². The van der Waals surface area contributed by atoms with Crippen LogP contribution in [0.4, 0.5) is 0 Å². The summed E-state index contributed by atoms with van der Waals surface area (Å²) in [6, 6.07) is 0. The van der Waals surface area contributed by atoms with Crippen molar-refractivity contribution in [2.75, 3.05) is 0 Å². The molecule has 0 spiro atoms. The zero-order valence-corrected chi connectivity index (χ0v) is 8.66. The van der Waals surface area contributed by atoms with Crippen molar-refractivity contribution in [3.8, 4) is 0 Å². The van der Waals surface area contributed by atoms with Gasteiger partial charge in [0, 0.05) is 30.7 Å². The first-order valence-corrected chi connectivity index (χ1v) is 5.35. The minimum atomic E-state index is 0.400. The molecule has 3 nitrogen and oxygen atoms in total. The monoisotopic (exact) mass is 191 g/mol. The van der Waals surface area contributed by atoms with E-state index in [-0.39, 0.29) is 0 Å². The zero-order valence-electron chi connectivity index (χ0n) is 8.66. The molecule has 0 bridgehead atoms. The van der Waals surface area contributed by atoms with E-state index in [1.54, 1.807) is 12.4 Å². The standard InChI is InChI=1S/C11H17N3/c1-2-11(4-3-5-11)14-9-10-8-12-6-7-13-10/h6-8,14H,2-5,9H2,1H3. The van der Waals surface area contributed by atoms with Gasteiger partial charge < -0.3 is 5.32 Å². The van der Waals surface area contributed by atoms with Crippen LogP contribution in [0.1, 0.15) is 38.3 Å². The highest BCUT2D eigenvalue weighted by Crippen LogP contribution is 2.34. The molecule has 14 heavy (non-hydrogen) atoms. The highest BCUT2D eigenvalue weighted by molar-refractivity contribution is 4.99. The van der Waals surface area contributed by atoms with Gasteiger partial charge in [0.1, 0.15) is 0 Å². The molecule has 0 unspecified atom stereocenters. The van der Waals surface area contributed by atoms with Gasteiger partial charge in [-0.1, -0.05) is 6.92 Å². The van der Waals surface area contributed by atoms with Gasteiger partial charge in [0.05, 0.1) is 5.69 Å². The molecule has 0 atom stereocenters. The molecular formula is C11H17N3. The van der Waals surface area contributed by atoms with Gasteiger partial charge >= 0.3 is 0 Å². The highest BCUT2D eigenvalue weighted by Gasteiger charge is 2.34. The van der Waals surface area contributed by atoms with Crippen molar-refractivity contribution in [1.29, 1.82) is 0 Å². The first kappa shape index (κ1) is 9.59. The van der Waals surface area contributed by atoms with Crippen LogP contribution in [0.3, 0.4) is 0 Å². The lowest BCUT2D eigenvalue weighted by Gasteiger charge is -2.42. The maximum absolute atomic E-state index is 4.25. The Balaban J connectivity index is 1.88. The largest absolute Gasteiger partial charge is 0.306 e. The van der Waals surface area contributed by atoms with Crippen LogP contribution in [-0.2, 0) is 6.54 Å². The van der Waals surface area contributed by atoms with E-state index in [0.717, 1.165) is 12.2 Å². The summed E-state index contributed by atoms with van der Waals surface area (Å²) in [7, 11) is 0. The molecule has 2 rings (SSSR count). The molecule has 1 N–H and O–H groups in total. The predicted octanol–water partition coefficient (Wildman–Crippen LogP) is 1.90. The van der Waals surface area contributed by atoms with Gasteiger partial charge in [-0.2, -0.15) is 0 Å². The van der Waals surface area contributed by atoms with Gasteiger partial charge in [0.25, 0.3) is 0 Å². The van der Waals surface area contributed by atoms with E-state index in [4.69, 9.17) is 0 Å². The van der Waals surface area contributed by atoms with E-state index in [1.165, 1.54) is 25.7 Å². The van der Waals surface area contributed by atoms with Crippen molar-refractivity contribution in [2.45, 2.75) is 44.7 Å². The van der Waals surface area contributed by atoms with Crippen LogP contribution >= 0.6 is 0 Å². The van der Waals surface area contributed by atoms with Crippen molar-refractivity contribution in [2.24, 2.45) is 0 Å². The van der Waals surface area contributed by atoms with Crippen molar-refractivity contribution in [3.63, 3.8) is 0 Å². The van der Waals surface area contributed by atoms with Gasteiger partial charge in [0.2, 0.25) is 0 Å². The zero-order chi connectivity index (χ0) is 9.86. The molecule has 1 heterocycles. The summed E-state index contributed by atoms with van der Waals surface area (Å²) in [5, 5.41) is 3.60. The molecular weight excluding hydrogens is 174 g/mol. The maximum Gasteiger partial charge on any atom is 0.0724 e. The normalized spacial score (nSPS) is 18.9. The molecule has 0 amide bonds. The van der Waals surface area contributed by atoms with Gasteiger partial charge in [-0.3, -0.25) is 9.97 Å². The summed E-state index contributed by atoms with van der Waals surface area (Å²) in [4.78, 5) is 8.30. The van der Waals surface area contributed by atoms with Crippen LogP contribution in [0.2, 0.25) is 0 Å². The summed E-state index contributed by atoms with van der Waals surface area (Å²) in [5.41, 5.74) is 1.43. The van der Waals surface area contributed by atoms with E-state index < -0.39 is 0 Å². The summed E-state index contributed by atoms with van der Waals surface area (Å²) in [6.07, 6.45) is 10.5. The van der Waals surface area contributed by atoms with E-state index in [1.807, 2.05) is 6.20 Å². The SMILES string of the molecule is CCC1(NCc2cnccn2)CCC1. The Bertz CT molecular complexity index is 274. The lowest BCUT2D eigenvalue weighted by molar-refractivity contribution is 0.174. The van der Waals surface area contributed by atoms with Crippen molar-refractivity contribution in [1.82, 2.24) is 15.3 Å². The fourth-order valence-corrected chi connectivity index (χ4v) is 1.96. The number of aromatic nitrogens is 2. The maximum atomic E-state index is 4.25. The van der Waals surface area contributed by atoms with E-state index in [9.17, 15) is 0 Å². The van der Waals surface area contributed by atoms with Crippen LogP contribution < -0.4 is 5.32 Å². The van der Waals surface area contributed by atoms with Crippen molar-refractivity contribution in [3.05, 3.63) is 24.3 Å². The number of rotatable bonds is 4. The van der Waals surface area contributed by atoms with Crippen LogP contribution in [0, 0.1) is 0 Å². The molecule has 1 aliphatic rings. The number of nitrogens with zero attached hydrogens (tertiary/aromatic N) is 2. The third kappa shape index (κ3) is 1.93. The molecule has 76 valence electrons. The van der Waals surface area contributed by atoms with Crippen molar-refractivity contribution >= 4 is 0 Å². The van der Waals surface area contributed by atoms with Crippen LogP contribution in [0.5, 0.6) is 0 Å². The molecule has 0 aliphatic heterocycles. The molecule has 0 radical (unpaired) electrons. The lowest BCUT2D eigenvalue weighted by Crippen LogP contribution is -2.49. The second-order valence-corrected chi connectivity index (χ2v) is 4.04. The van der Waals surface area contributed by atoms with E-state index in [0.29, 0.717) is 5.54 Å². The number of hydrogen-bond donors (Lipinski definition) is 1. The fourth-order valence-electron chi connectivity index (χ4n) is 1.96. The Labute approximate surface area is 85.0 Å². The predicted molar refractivity (Wildman–Crippen MR) is 55.7 cm³/mol. The molecule has 1 aromatic rings. The average Bonchev–Trinajstić information content (AvgIpc) is 2.19. The minimum absolute atomic E-state index is 0.400. The summed E-state index contributed by atoms with van der Waals surface area (Å²) >= 11 is 0. The Morgan fingerprint density at radius 1 is 1.43 bits per heavy atom. The summed E-state index contributed by atoms with van der Waals surface area (Å²) in [6.45, 7) is 3.10. The second-order valence-electron chi connectivity index (χ2n) is 4.04. The van der Waals surface area contributed by atoms with Crippen LogP contribution in [-0.4, -0.2) is 15.5 Å². The van der Waals surface area contributed by atoms with Gasteiger partial charge in [-0.05, 0) is 25.7 Å². The Hall–Kier alpha value is -0.960. The molecule has 0 saturated heterocycles. The topological polar surface area (TPSA) is 37.8 Å². The van der Waals surface area contributed by atoms with E-state index in [2.05, 4.69) is 22.2 Å².